The molecule has 29 heavy (non-hydrogen) atoms. The SMILES string of the molecule is Cc1ccc(Nc2cccc(C(=O)Nc3ccc(-n4cccn4)c(F)c3)c2)nn1. The lowest BCUT2D eigenvalue weighted by molar-refractivity contribution is 0.102. The number of nitrogens with zero attached hydrogens (tertiary/aromatic N) is 4. The molecule has 4 rings (SSSR count). The van der Waals surface area contributed by atoms with Crippen LogP contribution in [-0.4, -0.2) is 25.9 Å². The number of carbonyl (C=O) groups is 1. The van der Waals surface area contributed by atoms with Crippen molar-refractivity contribution in [3.05, 3.63) is 90.1 Å². The van der Waals surface area contributed by atoms with Crippen LogP contribution in [0, 0.1) is 12.7 Å². The number of hydrogen-bond donors (Lipinski definition) is 2. The lowest BCUT2D eigenvalue weighted by Gasteiger charge is -2.10. The number of rotatable bonds is 5. The second-order valence-corrected chi connectivity index (χ2v) is 6.34. The Kier molecular flexibility index (Phi) is 4.98. The van der Waals surface area contributed by atoms with Crippen LogP contribution in [-0.2, 0) is 0 Å². The van der Waals surface area contributed by atoms with Crippen LogP contribution in [0.1, 0.15) is 16.1 Å². The third kappa shape index (κ3) is 4.27. The Balaban J connectivity index is 1.48. The molecular formula is C21H17FN6O. The molecule has 0 saturated carbocycles. The molecule has 2 heterocycles. The van der Waals surface area contributed by atoms with Crippen LogP contribution in [0.4, 0.5) is 21.6 Å². The molecule has 4 aromatic rings. The number of aromatic nitrogens is 4. The van der Waals surface area contributed by atoms with Crippen LogP contribution < -0.4 is 10.6 Å². The first-order valence-electron chi connectivity index (χ1n) is 8.87. The van der Waals surface area contributed by atoms with Gasteiger partial charge in [0.05, 0.1) is 5.69 Å². The summed E-state index contributed by atoms with van der Waals surface area (Å²) in [5, 5.41) is 17.8. The van der Waals surface area contributed by atoms with Crippen LogP contribution in [0.25, 0.3) is 5.69 Å². The van der Waals surface area contributed by atoms with E-state index in [1.165, 1.54) is 10.7 Å². The molecule has 2 aromatic carbocycles. The van der Waals surface area contributed by atoms with Crippen molar-refractivity contribution in [2.45, 2.75) is 6.92 Å². The smallest absolute Gasteiger partial charge is 0.255 e. The third-order valence-electron chi connectivity index (χ3n) is 4.15. The molecule has 0 bridgehead atoms. The van der Waals surface area contributed by atoms with Gasteiger partial charge in [-0.15, -0.1) is 5.10 Å². The normalized spacial score (nSPS) is 10.6. The van der Waals surface area contributed by atoms with Gasteiger partial charge in [0.1, 0.15) is 5.69 Å². The second kappa shape index (κ2) is 7.89. The molecule has 144 valence electrons. The molecule has 0 radical (unpaired) electrons. The zero-order chi connectivity index (χ0) is 20.2. The maximum atomic E-state index is 14.4. The number of halogens is 1. The van der Waals surface area contributed by atoms with Crippen LogP contribution in [0.2, 0.25) is 0 Å². The molecule has 0 spiro atoms. The second-order valence-electron chi connectivity index (χ2n) is 6.34. The fourth-order valence-electron chi connectivity index (χ4n) is 2.74. The minimum absolute atomic E-state index is 0.304. The molecule has 0 unspecified atom stereocenters. The van der Waals surface area contributed by atoms with E-state index in [4.69, 9.17) is 0 Å². The van der Waals surface area contributed by atoms with E-state index >= 15 is 0 Å². The summed E-state index contributed by atoms with van der Waals surface area (Å²) >= 11 is 0. The van der Waals surface area contributed by atoms with Crippen molar-refractivity contribution < 1.29 is 9.18 Å². The average Bonchev–Trinajstić information content (AvgIpc) is 3.24. The van der Waals surface area contributed by atoms with E-state index in [1.807, 2.05) is 19.1 Å². The first kappa shape index (κ1) is 18.3. The molecule has 0 aliphatic carbocycles. The fraction of sp³-hybridized carbons (Fsp3) is 0.0476. The van der Waals surface area contributed by atoms with Crippen molar-refractivity contribution in [1.82, 2.24) is 20.0 Å². The number of carbonyl (C=O) groups excluding carboxylic acids is 1. The summed E-state index contributed by atoms with van der Waals surface area (Å²) in [5.74, 6) is -0.265. The van der Waals surface area contributed by atoms with Gasteiger partial charge in [0.25, 0.3) is 5.91 Å². The highest BCUT2D eigenvalue weighted by Gasteiger charge is 2.10. The molecule has 0 atom stereocenters. The van der Waals surface area contributed by atoms with Gasteiger partial charge in [0.2, 0.25) is 0 Å². The van der Waals surface area contributed by atoms with Gasteiger partial charge in [-0.2, -0.15) is 10.2 Å². The molecule has 1 amide bonds. The molecule has 0 saturated heterocycles. The zero-order valence-corrected chi connectivity index (χ0v) is 15.5. The first-order valence-corrected chi connectivity index (χ1v) is 8.87. The summed E-state index contributed by atoms with van der Waals surface area (Å²) < 4.78 is 15.8. The van der Waals surface area contributed by atoms with Crippen molar-refractivity contribution in [1.29, 1.82) is 0 Å². The van der Waals surface area contributed by atoms with Crippen LogP contribution in [0.3, 0.4) is 0 Å². The van der Waals surface area contributed by atoms with Gasteiger partial charge in [-0.25, -0.2) is 9.07 Å². The van der Waals surface area contributed by atoms with E-state index in [1.54, 1.807) is 54.9 Å². The van der Waals surface area contributed by atoms with Gasteiger partial charge in [-0.1, -0.05) is 6.07 Å². The lowest BCUT2D eigenvalue weighted by atomic mass is 10.1. The molecule has 0 aliphatic heterocycles. The van der Waals surface area contributed by atoms with Crippen molar-refractivity contribution >= 4 is 23.1 Å². The summed E-state index contributed by atoms with van der Waals surface area (Å²) in [7, 11) is 0. The van der Waals surface area contributed by atoms with Crippen molar-refractivity contribution in [3.63, 3.8) is 0 Å². The molecule has 2 N–H and O–H groups in total. The molecule has 8 heteroatoms. The average molecular weight is 388 g/mol. The van der Waals surface area contributed by atoms with Gasteiger partial charge in [0, 0.05) is 29.3 Å². The number of amides is 1. The largest absolute Gasteiger partial charge is 0.339 e. The predicted molar refractivity (Wildman–Crippen MR) is 108 cm³/mol. The van der Waals surface area contributed by atoms with Crippen LogP contribution >= 0.6 is 0 Å². The minimum Gasteiger partial charge on any atom is -0.339 e. The summed E-state index contributed by atoms with van der Waals surface area (Å²) in [6.07, 6.45) is 3.21. The van der Waals surface area contributed by atoms with E-state index in [0.29, 0.717) is 28.4 Å². The number of nitrogens with one attached hydrogen (secondary N) is 2. The third-order valence-corrected chi connectivity index (χ3v) is 4.15. The molecule has 0 fully saturated rings. The van der Waals surface area contributed by atoms with Gasteiger partial charge in [0.15, 0.2) is 11.6 Å². The number of aryl methyl sites for hydroxylation is 1. The number of anilines is 3. The van der Waals surface area contributed by atoms with Gasteiger partial charge in [-0.3, -0.25) is 4.79 Å². The van der Waals surface area contributed by atoms with Crippen molar-refractivity contribution in [2.24, 2.45) is 0 Å². The lowest BCUT2D eigenvalue weighted by Crippen LogP contribution is -2.12. The van der Waals surface area contributed by atoms with E-state index in [9.17, 15) is 9.18 Å². The Morgan fingerprint density at radius 1 is 1.00 bits per heavy atom. The van der Waals surface area contributed by atoms with Crippen molar-refractivity contribution in [2.75, 3.05) is 10.6 Å². The number of hydrogen-bond acceptors (Lipinski definition) is 5. The maximum Gasteiger partial charge on any atom is 0.255 e. The topological polar surface area (TPSA) is 84.7 Å². The monoisotopic (exact) mass is 388 g/mol. The molecule has 2 aromatic heterocycles. The maximum absolute atomic E-state index is 14.4. The Morgan fingerprint density at radius 2 is 1.90 bits per heavy atom. The summed E-state index contributed by atoms with van der Waals surface area (Å²) in [6.45, 7) is 1.85. The summed E-state index contributed by atoms with van der Waals surface area (Å²) in [6, 6.07) is 16.7. The Hall–Kier alpha value is -4.07. The standard InChI is InChI=1S/C21H17FN6O/c1-14-6-9-20(27-26-14)24-16-5-2-4-15(12-16)21(29)25-17-7-8-19(18(22)13-17)28-11-3-10-23-28/h2-13H,1H3,(H,24,27)(H,25,29). The minimum atomic E-state index is -0.486. The highest BCUT2D eigenvalue weighted by atomic mass is 19.1. The highest BCUT2D eigenvalue weighted by molar-refractivity contribution is 6.04. The number of benzene rings is 2. The highest BCUT2D eigenvalue weighted by Crippen LogP contribution is 2.20. The van der Waals surface area contributed by atoms with Gasteiger partial charge < -0.3 is 10.6 Å². The molecular weight excluding hydrogens is 371 g/mol. The van der Waals surface area contributed by atoms with Gasteiger partial charge in [-0.05, 0) is 61.5 Å². The fourth-order valence-corrected chi connectivity index (χ4v) is 2.74. The van der Waals surface area contributed by atoms with Crippen molar-refractivity contribution in [3.8, 4) is 5.69 Å². The quantitative estimate of drug-likeness (QED) is 0.538. The summed E-state index contributed by atoms with van der Waals surface area (Å²) in [5.41, 5.74) is 2.58. The molecule has 7 nitrogen and oxygen atoms in total. The first-order chi connectivity index (χ1) is 14.1. The summed E-state index contributed by atoms with van der Waals surface area (Å²) in [4.78, 5) is 12.6. The zero-order valence-electron chi connectivity index (χ0n) is 15.5. The Bertz CT molecular complexity index is 1140. The molecule has 0 aliphatic rings. The van der Waals surface area contributed by atoms with E-state index in [2.05, 4.69) is 25.9 Å². The Labute approximate surface area is 166 Å². The van der Waals surface area contributed by atoms with E-state index < -0.39 is 5.82 Å². The van der Waals surface area contributed by atoms with Gasteiger partial charge >= 0.3 is 0 Å². The van der Waals surface area contributed by atoms with E-state index in [-0.39, 0.29) is 5.91 Å². The van der Waals surface area contributed by atoms with Crippen LogP contribution in [0.5, 0.6) is 0 Å². The van der Waals surface area contributed by atoms with E-state index in [0.717, 1.165) is 5.69 Å². The van der Waals surface area contributed by atoms with Crippen LogP contribution in [0.15, 0.2) is 73.1 Å². The predicted octanol–water partition coefficient (Wildman–Crippen LogP) is 4.11. The Morgan fingerprint density at radius 3 is 2.62 bits per heavy atom.